The SMILES string of the molecule is CC(C)c1nc2c(s1)Nc1ccccc1N=C2N1CCN(C)C(CCc2ccc(F)cc2)C1. The number of anilines is 2. The molecular formula is C26H30FN5S. The molecule has 1 fully saturated rings. The van der Waals surface area contributed by atoms with Crippen LogP contribution in [-0.4, -0.2) is 53.3 Å². The van der Waals surface area contributed by atoms with Gasteiger partial charge in [-0.2, -0.15) is 0 Å². The molecule has 1 unspecified atom stereocenters. The van der Waals surface area contributed by atoms with Crippen LogP contribution in [-0.2, 0) is 6.42 Å². The van der Waals surface area contributed by atoms with Gasteiger partial charge in [-0.05, 0) is 49.7 Å². The van der Waals surface area contributed by atoms with Crippen molar-refractivity contribution in [1.82, 2.24) is 14.8 Å². The zero-order valence-corrected chi connectivity index (χ0v) is 20.2. The van der Waals surface area contributed by atoms with Crippen LogP contribution in [0.3, 0.4) is 0 Å². The van der Waals surface area contributed by atoms with Gasteiger partial charge in [-0.3, -0.25) is 4.90 Å². The maximum absolute atomic E-state index is 13.3. The van der Waals surface area contributed by atoms with Gasteiger partial charge >= 0.3 is 0 Å². The number of aliphatic imine (C=N–C) groups is 1. The summed E-state index contributed by atoms with van der Waals surface area (Å²) >= 11 is 1.73. The topological polar surface area (TPSA) is 43.8 Å². The molecule has 2 aliphatic rings. The average Bonchev–Trinajstić information content (AvgIpc) is 3.16. The Morgan fingerprint density at radius 1 is 1.12 bits per heavy atom. The molecule has 0 spiro atoms. The Hall–Kier alpha value is -2.77. The molecule has 7 heteroatoms. The Morgan fingerprint density at radius 2 is 1.91 bits per heavy atom. The van der Waals surface area contributed by atoms with Crippen molar-refractivity contribution in [2.45, 2.75) is 38.6 Å². The molecule has 0 radical (unpaired) electrons. The molecule has 3 heterocycles. The van der Waals surface area contributed by atoms with Crippen molar-refractivity contribution in [1.29, 1.82) is 0 Å². The van der Waals surface area contributed by atoms with E-state index in [9.17, 15) is 4.39 Å². The Labute approximate surface area is 199 Å². The van der Waals surface area contributed by atoms with Crippen LogP contribution in [0.25, 0.3) is 0 Å². The Bertz CT molecular complexity index is 1150. The fraction of sp³-hybridized carbons (Fsp3) is 0.385. The third-order valence-electron chi connectivity index (χ3n) is 6.48. The van der Waals surface area contributed by atoms with E-state index in [1.165, 1.54) is 5.56 Å². The molecular weight excluding hydrogens is 433 g/mol. The molecule has 1 N–H and O–H groups in total. The number of amidine groups is 1. The van der Waals surface area contributed by atoms with Gasteiger partial charge < -0.3 is 10.2 Å². The van der Waals surface area contributed by atoms with Crippen LogP contribution in [0.2, 0.25) is 0 Å². The van der Waals surface area contributed by atoms with E-state index in [1.54, 1.807) is 23.5 Å². The number of aryl methyl sites for hydroxylation is 1. The molecule has 0 saturated carbocycles. The predicted molar refractivity (Wildman–Crippen MR) is 135 cm³/mol. The zero-order valence-electron chi connectivity index (χ0n) is 19.4. The summed E-state index contributed by atoms with van der Waals surface area (Å²) in [5.41, 5.74) is 4.11. The smallest absolute Gasteiger partial charge is 0.158 e. The molecule has 1 saturated heterocycles. The van der Waals surface area contributed by atoms with Crippen molar-refractivity contribution in [3.05, 3.63) is 70.6 Å². The van der Waals surface area contributed by atoms with Gasteiger partial charge in [0.05, 0.1) is 16.4 Å². The van der Waals surface area contributed by atoms with Crippen molar-refractivity contribution >= 4 is 33.5 Å². The number of fused-ring (bicyclic) bond motifs is 2. The van der Waals surface area contributed by atoms with Gasteiger partial charge in [0.15, 0.2) is 5.84 Å². The number of hydrogen-bond donors (Lipinski definition) is 1. The van der Waals surface area contributed by atoms with Gasteiger partial charge in [-0.25, -0.2) is 14.4 Å². The summed E-state index contributed by atoms with van der Waals surface area (Å²) < 4.78 is 13.3. The standard InChI is InChI=1S/C26H30FN5S/c1-17(2)25-30-23-24(28-21-6-4-5-7-22(21)29-26(23)33-25)32-15-14-31(3)20(16-32)13-10-18-8-11-19(27)12-9-18/h4-9,11-12,17,20,29H,10,13-16H2,1-3H3. The molecule has 33 heavy (non-hydrogen) atoms. The second-order valence-corrected chi connectivity index (χ2v) is 10.2. The highest BCUT2D eigenvalue weighted by atomic mass is 32.1. The van der Waals surface area contributed by atoms with E-state index in [1.807, 2.05) is 24.3 Å². The largest absolute Gasteiger partial charge is 0.352 e. The minimum absolute atomic E-state index is 0.181. The second kappa shape index (κ2) is 9.23. The van der Waals surface area contributed by atoms with Crippen LogP contribution >= 0.6 is 11.3 Å². The van der Waals surface area contributed by atoms with E-state index >= 15 is 0 Å². The van der Waals surface area contributed by atoms with Crippen LogP contribution in [0.5, 0.6) is 0 Å². The van der Waals surface area contributed by atoms with E-state index in [2.05, 4.69) is 48.1 Å². The minimum atomic E-state index is -0.181. The monoisotopic (exact) mass is 463 g/mol. The number of likely N-dealkylation sites (N-methyl/N-ethyl adjacent to an activating group) is 1. The highest BCUT2D eigenvalue weighted by Crippen LogP contribution is 2.39. The number of benzene rings is 2. The van der Waals surface area contributed by atoms with Crippen molar-refractivity contribution < 1.29 is 4.39 Å². The summed E-state index contributed by atoms with van der Waals surface area (Å²) in [5, 5.41) is 5.79. The quantitative estimate of drug-likeness (QED) is 0.532. The molecule has 1 aromatic heterocycles. The van der Waals surface area contributed by atoms with E-state index in [0.717, 1.165) is 65.4 Å². The van der Waals surface area contributed by atoms with Crippen LogP contribution in [0.4, 0.5) is 20.8 Å². The van der Waals surface area contributed by atoms with Gasteiger partial charge in [0.25, 0.3) is 0 Å². The Kier molecular flexibility index (Phi) is 6.17. The molecule has 1 atom stereocenters. The number of halogens is 1. The lowest BCUT2D eigenvalue weighted by molar-refractivity contribution is 0.134. The first kappa shape index (κ1) is 22.0. The van der Waals surface area contributed by atoms with Gasteiger partial charge in [-0.15, -0.1) is 11.3 Å². The molecule has 0 bridgehead atoms. The first-order chi connectivity index (χ1) is 16.0. The molecule has 2 aromatic carbocycles. The number of aromatic nitrogens is 1. The summed E-state index contributed by atoms with van der Waals surface area (Å²) in [4.78, 5) is 15.0. The third-order valence-corrected chi connectivity index (χ3v) is 7.76. The molecule has 3 aromatic rings. The van der Waals surface area contributed by atoms with E-state index in [0.29, 0.717) is 12.0 Å². The highest BCUT2D eigenvalue weighted by molar-refractivity contribution is 7.16. The number of nitrogens with one attached hydrogen (secondary N) is 1. The van der Waals surface area contributed by atoms with Crippen molar-refractivity contribution in [3.63, 3.8) is 0 Å². The normalized spacial score (nSPS) is 18.4. The van der Waals surface area contributed by atoms with E-state index in [4.69, 9.17) is 9.98 Å². The maximum Gasteiger partial charge on any atom is 0.158 e. The van der Waals surface area contributed by atoms with Crippen LogP contribution < -0.4 is 5.32 Å². The molecule has 172 valence electrons. The molecule has 5 rings (SSSR count). The van der Waals surface area contributed by atoms with Crippen LogP contribution in [0.1, 0.15) is 42.5 Å². The van der Waals surface area contributed by atoms with Crippen molar-refractivity contribution in [3.8, 4) is 0 Å². The number of rotatable bonds is 4. The summed E-state index contributed by atoms with van der Waals surface area (Å²) in [6, 6.07) is 15.5. The number of para-hydroxylation sites is 2. The zero-order chi connectivity index (χ0) is 22.9. The Morgan fingerprint density at radius 3 is 2.70 bits per heavy atom. The second-order valence-electron chi connectivity index (χ2n) is 9.21. The van der Waals surface area contributed by atoms with Crippen LogP contribution in [0, 0.1) is 5.82 Å². The van der Waals surface area contributed by atoms with Gasteiger partial charge in [0, 0.05) is 31.6 Å². The number of hydrogen-bond acceptors (Lipinski definition) is 6. The lowest BCUT2D eigenvalue weighted by Crippen LogP contribution is -2.53. The molecule has 5 nitrogen and oxygen atoms in total. The predicted octanol–water partition coefficient (Wildman–Crippen LogP) is 5.79. The minimum Gasteiger partial charge on any atom is -0.352 e. The molecule has 2 aliphatic heterocycles. The van der Waals surface area contributed by atoms with Gasteiger partial charge in [-0.1, -0.05) is 38.1 Å². The van der Waals surface area contributed by atoms with Gasteiger partial charge in [0.2, 0.25) is 0 Å². The summed E-state index contributed by atoms with van der Waals surface area (Å²) in [5.74, 6) is 1.15. The number of piperazine rings is 1. The highest BCUT2D eigenvalue weighted by Gasteiger charge is 2.31. The summed E-state index contributed by atoms with van der Waals surface area (Å²) in [7, 11) is 2.20. The fourth-order valence-corrected chi connectivity index (χ4v) is 5.42. The Balaban J connectivity index is 1.43. The number of thiazole rings is 1. The first-order valence-electron chi connectivity index (χ1n) is 11.6. The maximum atomic E-state index is 13.3. The van der Waals surface area contributed by atoms with E-state index < -0.39 is 0 Å². The summed E-state index contributed by atoms with van der Waals surface area (Å²) in [6.45, 7) is 7.15. The fourth-order valence-electron chi connectivity index (χ4n) is 4.44. The lowest BCUT2D eigenvalue weighted by Gasteiger charge is -2.40. The molecule has 0 aliphatic carbocycles. The van der Waals surface area contributed by atoms with E-state index in [-0.39, 0.29) is 5.82 Å². The number of nitrogens with zero attached hydrogens (tertiary/aromatic N) is 4. The first-order valence-corrected chi connectivity index (χ1v) is 12.4. The summed E-state index contributed by atoms with van der Waals surface area (Å²) in [6.07, 6.45) is 1.95. The van der Waals surface area contributed by atoms with Crippen LogP contribution in [0.15, 0.2) is 53.5 Å². The average molecular weight is 464 g/mol. The van der Waals surface area contributed by atoms with Crippen molar-refractivity contribution in [2.24, 2.45) is 4.99 Å². The van der Waals surface area contributed by atoms with Gasteiger partial charge in [0.1, 0.15) is 16.5 Å². The lowest BCUT2D eigenvalue weighted by atomic mass is 10.0. The third kappa shape index (κ3) is 4.66. The van der Waals surface area contributed by atoms with Crippen molar-refractivity contribution in [2.75, 3.05) is 32.0 Å². The molecule has 0 amide bonds.